The van der Waals surface area contributed by atoms with E-state index in [1.54, 1.807) is 0 Å². The lowest BCUT2D eigenvalue weighted by atomic mass is 10.1. The summed E-state index contributed by atoms with van der Waals surface area (Å²) in [6.45, 7) is 13.0. The largest absolute Gasteiger partial charge is 0.316 e. The summed E-state index contributed by atoms with van der Waals surface area (Å²) in [6.07, 6.45) is 9.99. The summed E-state index contributed by atoms with van der Waals surface area (Å²) in [6, 6.07) is 17.2. The topological polar surface area (TPSA) is 18.5 Å². The first-order valence-corrected chi connectivity index (χ1v) is 11.9. The highest BCUT2D eigenvalue weighted by Gasteiger charge is 2.05. The van der Waals surface area contributed by atoms with Crippen LogP contribution in [0.2, 0.25) is 0 Å². The predicted molar refractivity (Wildman–Crippen MR) is 143 cm³/mol. The van der Waals surface area contributed by atoms with Gasteiger partial charge in [-0.25, -0.2) is 5.43 Å². The molecule has 2 aromatic rings. The number of hydrogen-bond donors (Lipinski definition) is 1. The van der Waals surface area contributed by atoms with Crippen molar-refractivity contribution in [3.63, 3.8) is 0 Å². The average Bonchev–Trinajstić information content (AvgIpc) is 2.85. The van der Waals surface area contributed by atoms with Crippen molar-refractivity contribution in [2.75, 3.05) is 27.2 Å². The van der Waals surface area contributed by atoms with E-state index < -0.39 is 0 Å². The molecule has 0 saturated carbocycles. The molecule has 2 rings (SSSR count). The monoisotopic (exact) mass is 441 g/mol. The Balaban J connectivity index is 1.94. The van der Waals surface area contributed by atoms with Crippen LogP contribution in [0, 0.1) is 11.8 Å². The molecule has 0 unspecified atom stereocenters. The van der Waals surface area contributed by atoms with Gasteiger partial charge in [-0.15, -0.1) is 6.58 Å². The van der Waals surface area contributed by atoms with Crippen molar-refractivity contribution in [2.45, 2.75) is 39.2 Å². The molecular weight excluding hydrogens is 402 g/mol. The summed E-state index contributed by atoms with van der Waals surface area (Å²) in [5.41, 5.74) is 9.07. The average molecular weight is 442 g/mol. The Hall–Kier alpha value is -3.06. The number of rotatable bonds is 13. The van der Waals surface area contributed by atoms with Crippen LogP contribution in [0.25, 0.3) is 0 Å². The van der Waals surface area contributed by atoms with E-state index in [1.807, 2.05) is 37.3 Å². The third-order valence-corrected chi connectivity index (χ3v) is 5.60. The van der Waals surface area contributed by atoms with E-state index in [0.29, 0.717) is 0 Å². The molecule has 0 spiro atoms. The van der Waals surface area contributed by atoms with Crippen LogP contribution in [0.3, 0.4) is 0 Å². The molecule has 0 aliphatic carbocycles. The predicted octanol–water partition coefficient (Wildman–Crippen LogP) is 5.94. The molecule has 0 radical (unpaired) electrons. The Kier molecular flexibility index (Phi) is 11.8. The summed E-state index contributed by atoms with van der Waals surface area (Å²) in [5, 5.41) is 2.02. The molecule has 1 N–H and O–H groups in total. The van der Waals surface area contributed by atoms with Crippen LogP contribution in [0.15, 0.2) is 85.6 Å². The molecule has 0 aliphatic heterocycles. The van der Waals surface area contributed by atoms with E-state index in [4.69, 9.17) is 0 Å². The van der Waals surface area contributed by atoms with Crippen molar-refractivity contribution >= 4 is 0 Å². The van der Waals surface area contributed by atoms with Crippen molar-refractivity contribution in [3.8, 4) is 11.8 Å². The minimum Gasteiger partial charge on any atom is -0.316 e. The second kappa shape index (κ2) is 14.9. The lowest BCUT2D eigenvalue weighted by molar-refractivity contribution is 0.271. The molecule has 2 aromatic carbocycles. The van der Waals surface area contributed by atoms with Crippen LogP contribution < -0.4 is 5.43 Å². The van der Waals surface area contributed by atoms with Gasteiger partial charge in [0.2, 0.25) is 0 Å². The fourth-order valence-corrected chi connectivity index (χ4v) is 3.63. The van der Waals surface area contributed by atoms with Gasteiger partial charge in [0.05, 0.1) is 0 Å². The number of allylic oxidation sites excluding steroid dienone is 3. The molecule has 0 amide bonds. The first kappa shape index (κ1) is 26.2. The van der Waals surface area contributed by atoms with Crippen LogP contribution in [0.4, 0.5) is 0 Å². The summed E-state index contributed by atoms with van der Waals surface area (Å²) >= 11 is 0. The molecule has 0 saturated heterocycles. The molecule has 33 heavy (non-hydrogen) atoms. The van der Waals surface area contributed by atoms with Crippen molar-refractivity contribution < 1.29 is 0 Å². The van der Waals surface area contributed by atoms with Gasteiger partial charge in [0.25, 0.3) is 0 Å². The minimum atomic E-state index is 0.948. The van der Waals surface area contributed by atoms with Gasteiger partial charge < -0.3 is 5.01 Å². The lowest BCUT2D eigenvalue weighted by Gasteiger charge is -2.21. The van der Waals surface area contributed by atoms with Crippen LogP contribution >= 0.6 is 0 Å². The Labute approximate surface area is 201 Å². The Bertz CT molecular complexity index is 943. The second-order valence-corrected chi connectivity index (χ2v) is 8.17. The SMILES string of the molecule is C=C/C=C(/CCc1ccc(C#Cc2ccc(CN(CCC)CCC=C)cc2)cc1)N(C)NC. The van der Waals surface area contributed by atoms with E-state index in [9.17, 15) is 0 Å². The van der Waals surface area contributed by atoms with Gasteiger partial charge in [-0.2, -0.15) is 0 Å². The number of benzene rings is 2. The molecule has 0 bridgehead atoms. The third kappa shape index (κ3) is 9.53. The Morgan fingerprint density at radius 2 is 1.55 bits per heavy atom. The molecule has 0 fully saturated rings. The van der Waals surface area contributed by atoms with E-state index in [-0.39, 0.29) is 0 Å². The molecule has 174 valence electrons. The highest BCUT2D eigenvalue weighted by atomic mass is 15.5. The molecule has 0 atom stereocenters. The van der Waals surface area contributed by atoms with E-state index in [2.05, 4.69) is 90.8 Å². The lowest BCUT2D eigenvalue weighted by Crippen LogP contribution is -2.30. The first-order valence-electron chi connectivity index (χ1n) is 11.9. The molecule has 3 nitrogen and oxygen atoms in total. The van der Waals surface area contributed by atoms with E-state index in [1.165, 1.54) is 23.2 Å². The van der Waals surface area contributed by atoms with Gasteiger partial charge in [0, 0.05) is 44.0 Å². The van der Waals surface area contributed by atoms with Gasteiger partial charge in [-0.3, -0.25) is 4.90 Å². The quantitative estimate of drug-likeness (QED) is 0.179. The number of hydrogen-bond acceptors (Lipinski definition) is 3. The zero-order chi connectivity index (χ0) is 23.9. The fraction of sp³-hybridized carbons (Fsp3) is 0.333. The van der Waals surface area contributed by atoms with Gasteiger partial charge in [-0.1, -0.05) is 61.8 Å². The van der Waals surface area contributed by atoms with Gasteiger partial charge in [-0.05, 0) is 73.7 Å². The van der Waals surface area contributed by atoms with Crippen LogP contribution in [0.1, 0.15) is 48.4 Å². The molecule has 0 heterocycles. The highest BCUT2D eigenvalue weighted by molar-refractivity contribution is 5.44. The standard InChI is InChI=1S/C30H39N3/c1-6-9-24-33(23-8-3)25-29-19-17-27(18-20-29)12-11-26-13-15-28(16-14-26)21-22-30(10-7-2)32(5)31-4/h6-7,10,13-20,31H,1-2,8-9,21-25H2,3-5H3/b30-10-. The maximum absolute atomic E-state index is 3.84. The van der Waals surface area contributed by atoms with Crippen molar-refractivity contribution in [1.82, 2.24) is 15.3 Å². The third-order valence-electron chi connectivity index (χ3n) is 5.60. The second-order valence-electron chi connectivity index (χ2n) is 8.17. The molecule has 3 heteroatoms. The summed E-state index contributed by atoms with van der Waals surface area (Å²) in [4.78, 5) is 2.48. The smallest absolute Gasteiger partial charge is 0.0293 e. The van der Waals surface area contributed by atoms with Crippen molar-refractivity contribution in [2.24, 2.45) is 0 Å². The Morgan fingerprint density at radius 3 is 2.06 bits per heavy atom. The van der Waals surface area contributed by atoms with Gasteiger partial charge in [0.15, 0.2) is 0 Å². The van der Waals surface area contributed by atoms with E-state index >= 15 is 0 Å². The van der Waals surface area contributed by atoms with Gasteiger partial charge in [0.1, 0.15) is 0 Å². The van der Waals surface area contributed by atoms with Crippen LogP contribution in [-0.4, -0.2) is 37.1 Å². The highest BCUT2D eigenvalue weighted by Crippen LogP contribution is 2.13. The van der Waals surface area contributed by atoms with Crippen LogP contribution in [-0.2, 0) is 13.0 Å². The molecule has 0 aliphatic rings. The van der Waals surface area contributed by atoms with Gasteiger partial charge >= 0.3 is 0 Å². The maximum Gasteiger partial charge on any atom is 0.0293 e. The zero-order valence-electron chi connectivity index (χ0n) is 20.6. The summed E-state index contributed by atoms with van der Waals surface area (Å²) in [5.74, 6) is 6.59. The fourth-order valence-electron chi connectivity index (χ4n) is 3.63. The van der Waals surface area contributed by atoms with Crippen molar-refractivity contribution in [1.29, 1.82) is 0 Å². The number of nitrogens with one attached hydrogen (secondary N) is 1. The molecule has 0 aromatic heterocycles. The van der Waals surface area contributed by atoms with Crippen LogP contribution in [0.5, 0.6) is 0 Å². The summed E-state index contributed by atoms with van der Waals surface area (Å²) < 4.78 is 0. The maximum atomic E-state index is 3.84. The number of nitrogens with zero attached hydrogens (tertiary/aromatic N) is 2. The van der Waals surface area contributed by atoms with E-state index in [0.717, 1.165) is 50.0 Å². The zero-order valence-corrected chi connectivity index (χ0v) is 20.6. The first-order chi connectivity index (χ1) is 16.1. The molecular formula is C30H39N3. The Morgan fingerprint density at radius 1 is 0.939 bits per heavy atom. The normalized spacial score (nSPS) is 11.1. The van der Waals surface area contributed by atoms with Crippen molar-refractivity contribution in [3.05, 3.63) is 108 Å². The minimum absolute atomic E-state index is 0.948. The number of hydrazine groups is 1. The summed E-state index contributed by atoms with van der Waals surface area (Å²) in [7, 11) is 3.94. The number of aryl methyl sites for hydroxylation is 1.